The van der Waals surface area contributed by atoms with Crippen LogP contribution in [0.1, 0.15) is 31.3 Å². The Morgan fingerprint density at radius 3 is 2.67 bits per heavy atom. The molecule has 0 bridgehead atoms. The number of nitrogens with zero attached hydrogens (tertiary/aromatic N) is 1. The quantitative estimate of drug-likeness (QED) is 0.757. The van der Waals surface area contributed by atoms with E-state index in [0.29, 0.717) is 17.6 Å². The van der Waals surface area contributed by atoms with Gasteiger partial charge in [0.2, 0.25) is 0 Å². The van der Waals surface area contributed by atoms with Crippen molar-refractivity contribution in [3.63, 3.8) is 0 Å². The van der Waals surface area contributed by atoms with Gasteiger partial charge in [0, 0.05) is 6.42 Å². The largest absolute Gasteiger partial charge is 0.344 e. The molecule has 0 unspecified atom stereocenters. The zero-order valence-corrected chi connectivity index (χ0v) is 8.15. The lowest BCUT2D eigenvalue weighted by Gasteiger charge is -1.99. The highest BCUT2D eigenvalue weighted by atomic mass is 35.5. The van der Waals surface area contributed by atoms with Crippen LogP contribution in [0.5, 0.6) is 0 Å². The molecule has 4 heteroatoms. The van der Waals surface area contributed by atoms with E-state index in [0.717, 1.165) is 17.9 Å². The molecule has 0 fully saturated rings. The van der Waals surface area contributed by atoms with Gasteiger partial charge in [0.15, 0.2) is 5.15 Å². The molecule has 0 amide bonds. The first-order valence-corrected chi connectivity index (χ1v) is 4.47. The van der Waals surface area contributed by atoms with Gasteiger partial charge in [0.05, 0.1) is 5.69 Å². The summed E-state index contributed by atoms with van der Waals surface area (Å²) in [6, 6.07) is 0. The summed E-state index contributed by atoms with van der Waals surface area (Å²) in [5.74, 6) is 1.27. The fourth-order valence-electron chi connectivity index (χ4n) is 1.05. The van der Waals surface area contributed by atoms with Crippen molar-refractivity contribution in [1.82, 2.24) is 9.97 Å². The zero-order chi connectivity index (χ0) is 9.14. The molecule has 1 rings (SSSR count). The van der Waals surface area contributed by atoms with Crippen molar-refractivity contribution in [2.24, 2.45) is 5.73 Å². The molecule has 0 radical (unpaired) electrons. The number of rotatable bonds is 3. The summed E-state index contributed by atoms with van der Waals surface area (Å²) in [7, 11) is 0. The van der Waals surface area contributed by atoms with Crippen molar-refractivity contribution in [3.05, 3.63) is 16.7 Å². The molecule has 1 heterocycles. The van der Waals surface area contributed by atoms with Crippen LogP contribution < -0.4 is 5.73 Å². The van der Waals surface area contributed by atoms with Crippen LogP contribution >= 0.6 is 11.6 Å². The van der Waals surface area contributed by atoms with Crippen LogP contribution in [-0.2, 0) is 6.42 Å². The number of imidazole rings is 1. The van der Waals surface area contributed by atoms with Crippen molar-refractivity contribution in [1.29, 1.82) is 0 Å². The predicted molar refractivity (Wildman–Crippen MR) is 50.4 cm³/mol. The lowest BCUT2D eigenvalue weighted by molar-refractivity contribution is 0.815. The molecule has 3 N–H and O–H groups in total. The predicted octanol–water partition coefficient (Wildman–Crippen LogP) is 1.69. The minimum absolute atomic E-state index is 0.386. The number of nitrogens with two attached hydrogens (primary N) is 1. The Morgan fingerprint density at radius 2 is 2.25 bits per heavy atom. The van der Waals surface area contributed by atoms with Gasteiger partial charge in [-0.05, 0) is 12.5 Å². The Balaban J connectivity index is 2.85. The van der Waals surface area contributed by atoms with E-state index in [1.165, 1.54) is 0 Å². The first-order chi connectivity index (χ1) is 5.65. The van der Waals surface area contributed by atoms with Crippen molar-refractivity contribution < 1.29 is 0 Å². The number of hydrogen-bond acceptors (Lipinski definition) is 2. The first kappa shape index (κ1) is 9.55. The first-order valence-electron chi connectivity index (χ1n) is 4.09. The molecule has 1 aromatic heterocycles. The molecule has 0 aliphatic carbocycles. The number of halogens is 1. The SMILES string of the molecule is CC(C)c1[nH]c(CCN)nc1Cl. The fraction of sp³-hybridized carbons (Fsp3) is 0.625. The highest BCUT2D eigenvalue weighted by Gasteiger charge is 2.10. The molecule has 0 aliphatic heterocycles. The fourth-order valence-corrected chi connectivity index (χ4v) is 1.42. The van der Waals surface area contributed by atoms with Crippen LogP contribution in [0.15, 0.2) is 0 Å². The number of aromatic amines is 1. The van der Waals surface area contributed by atoms with Crippen molar-refractivity contribution in [2.75, 3.05) is 6.54 Å². The highest BCUT2D eigenvalue weighted by Crippen LogP contribution is 2.21. The van der Waals surface area contributed by atoms with E-state index in [1.54, 1.807) is 0 Å². The second kappa shape index (κ2) is 3.92. The third kappa shape index (κ3) is 1.99. The second-order valence-corrected chi connectivity index (χ2v) is 3.44. The molecule has 0 saturated carbocycles. The summed E-state index contributed by atoms with van der Waals surface area (Å²) in [5, 5.41) is 0.577. The van der Waals surface area contributed by atoms with Crippen molar-refractivity contribution in [3.8, 4) is 0 Å². The van der Waals surface area contributed by atoms with Crippen LogP contribution in [0.4, 0.5) is 0 Å². The van der Waals surface area contributed by atoms with Crippen LogP contribution in [-0.4, -0.2) is 16.5 Å². The number of nitrogens with one attached hydrogen (secondary N) is 1. The average molecular weight is 188 g/mol. The third-order valence-corrected chi connectivity index (χ3v) is 1.98. The molecule has 0 aromatic carbocycles. The average Bonchev–Trinajstić information content (AvgIpc) is 2.32. The van der Waals surface area contributed by atoms with E-state index in [9.17, 15) is 0 Å². The van der Waals surface area contributed by atoms with Gasteiger partial charge in [-0.25, -0.2) is 4.98 Å². The van der Waals surface area contributed by atoms with Crippen LogP contribution in [0.2, 0.25) is 5.15 Å². The van der Waals surface area contributed by atoms with E-state index >= 15 is 0 Å². The molecular weight excluding hydrogens is 174 g/mol. The molecule has 12 heavy (non-hydrogen) atoms. The molecule has 0 saturated heterocycles. The normalized spacial score (nSPS) is 11.1. The minimum Gasteiger partial charge on any atom is -0.344 e. The van der Waals surface area contributed by atoms with E-state index in [2.05, 4.69) is 23.8 Å². The van der Waals surface area contributed by atoms with E-state index in [1.807, 2.05) is 0 Å². The molecule has 0 aliphatic rings. The number of hydrogen-bond donors (Lipinski definition) is 2. The monoisotopic (exact) mass is 187 g/mol. The Morgan fingerprint density at radius 1 is 1.58 bits per heavy atom. The summed E-state index contributed by atoms with van der Waals surface area (Å²) >= 11 is 5.89. The van der Waals surface area contributed by atoms with Gasteiger partial charge < -0.3 is 10.7 Å². The molecule has 1 aromatic rings. The Bertz CT molecular complexity index is 255. The molecular formula is C8H14ClN3. The Hall–Kier alpha value is -0.540. The molecule has 68 valence electrons. The molecule has 0 atom stereocenters. The van der Waals surface area contributed by atoms with Crippen LogP contribution in [0, 0.1) is 0 Å². The second-order valence-electron chi connectivity index (χ2n) is 3.08. The van der Waals surface area contributed by atoms with Gasteiger partial charge in [0.1, 0.15) is 5.82 Å². The Labute approximate surface area is 77.3 Å². The summed E-state index contributed by atoms with van der Waals surface area (Å²) in [5.41, 5.74) is 6.39. The third-order valence-electron chi connectivity index (χ3n) is 1.69. The maximum Gasteiger partial charge on any atom is 0.150 e. The standard InChI is InChI=1S/C8H14ClN3/c1-5(2)7-8(9)12-6(11-7)3-4-10/h5H,3-4,10H2,1-2H3,(H,11,12). The van der Waals surface area contributed by atoms with Crippen molar-refractivity contribution in [2.45, 2.75) is 26.2 Å². The lowest BCUT2D eigenvalue weighted by Crippen LogP contribution is -2.04. The van der Waals surface area contributed by atoms with Crippen molar-refractivity contribution >= 4 is 11.6 Å². The summed E-state index contributed by atoms with van der Waals surface area (Å²) in [6.07, 6.45) is 0.756. The number of aromatic nitrogens is 2. The minimum atomic E-state index is 0.386. The van der Waals surface area contributed by atoms with Gasteiger partial charge in [-0.1, -0.05) is 25.4 Å². The maximum absolute atomic E-state index is 5.89. The van der Waals surface area contributed by atoms with Gasteiger partial charge in [0.25, 0.3) is 0 Å². The highest BCUT2D eigenvalue weighted by molar-refractivity contribution is 6.30. The summed E-state index contributed by atoms with van der Waals surface area (Å²) in [6.45, 7) is 4.75. The van der Waals surface area contributed by atoms with Gasteiger partial charge in [-0.15, -0.1) is 0 Å². The smallest absolute Gasteiger partial charge is 0.150 e. The number of H-pyrrole nitrogens is 1. The zero-order valence-electron chi connectivity index (χ0n) is 7.39. The van der Waals surface area contributed by atoms with Crippen LogP contribution in [0.25, 0.3) is 0 Å². The van der Waals surface area contributed by atoms with E-state index in [4.69, 9.17) is 17.3 Å². The summed E-state index contributed by atoms with van der Waals surface area (Å²) < 4.78 is 0. The lowest BCUT2D eigenvalue weighted by atomic mass is 10.2. The maximum atomic E-state index is 5.89. The van der Waals surface area contributed by atoms with Gasteiger partial charge in [-0.3, -0.25) is 0 Å². The van der Waals surface area contributed by atoms with E-state index in [-0.39, 0.29) is 0 Å². The molecule has 3 nitrogen and oxygen atoms in total. The van der Waals surface area contributed by atoms with Gasteiger partial charge >= 0.3 is 0 Å². The van der Waals surface area contributed by atoms with Crippen LogP contribution in [0.3, 0.4) is 0 Å². The molecule has 0 spiro atoms. The Kier molecular flexibility index (Phi) is 3.12. The van der Waals surface area contributed by atoms with Gasteiger partial charge in [-0.2, -0.15) is 0 Å². The summed E-state index contributed by atoms with van der Waals surface area (Å²) in [4.78, 5) is 7.31. The van der Waals surface area contributed by atoms with E-state index < -0.39 is 0 Å². The topological polar surface area (TPSA) is 54.7 Å².